The lowest BCUT2D eigenvalue weighted by atomic mass is 9.96. The van der Waals surface area contributed by atoms with Crippen LogP contribution in [-0.4, -0.2) is 30.4 Å². The molecule has 2 aromatic carbocycles. The molecule has 2 aromatic rings. The van der Waals surface area contributed by atoms with Crippen LogP contribution in [0.2, 0.25) is 5.02 Å². The summed E-state index contributed by atoms with van der Waals surface area (Å²) in [5, 5.41) is 16.6. The maximum absolute atomic E-state index is 11.9. The summed E-state index contributed by atoms with van der Waals surface area (Å²) in [5.41, 5.74) is 0.866. The molecule has 3 N–H and O–H groups in total. The molecule has 5 nitrogen and oxygen atoms in total. The van der Waals surface area contributed by atoms with Crippen LogP contribution in [0.15, 0.2) is 48.5 Å². The Kier molecular flexibility index (Phi) is 6.67. The Labute approximate surface area is 153 Å². The van der Waals surface area contributed by atoms with E-state index in [0.717, 1.165) is 16.9 Å². The number of hydrogen-bond donors (Lipinski definition) is 3. The SMILES string of the molecule is COc1ccc(C[C@](C)(O)CNC(=O)NCc2ccc(Cl)cc2)cc1. The van der Waals surface area contributed by atoms with Crippen LogP contribution in [0.4, 0.5) is 4.79 Å². The molecule has 0 unspecified atom stereocenters. The van der Waals surface area contributed by atoms with E-state index in [1.807, 2.05) is 36.4 Å². The molecular weight excluding hydrogens is 340 g/mol. The van der Waals surface area contributed by atoms with E-state index in [0.29, 0.717) is 18.0 Å². The molecule has 0 spiro atoms. The van der Waals surface area contributed by atoms with Crippen LogP contribution in [0.3, 0.4) is 0 Å². The van der Waals surface area contributed by atoms with Crippen molar-refractivity contribution in [2.75, 3.05) is 13.7 Å². The first-order chi connectivity index (χ1) is 11.9. The van der Waals surface area contributed by atoms with E-state index in [1.165, 1.54) is 0 Å². The van der Waals surface area contributed by atoms with Crippen molar-refractivity contribution in [1.29, 1.82) is 0 Å². The van der Waals surface area contributed by atoms with Crippen molar-refractivity contribution < 1.29 is 14.6 Å². The molecule has 0 saturated heterocycles. The summed E-state index contributed by atoms with van der Waals surface area (Å²) >= 11 is 5.82. The molecule has 0 bridgehead atoms. The van der Waals surface area contributed by atoms with Crippen molar-refractivity contribution in [3.05, 3.63) is 64.7 Å². The number of carbonyl (C=O) groups is 1. The highest BCUT2D eigenvalue weighted by Crippen LogP contribution is 2.16. The minimum Gasteiger partial charge on any atom is -0.497 e. The average molecular weight is 363 g/mol. The van der Waals surface area contributed by atoms with Gasteiger partial charge in [-0.15, -0.1) is 0 Å². The van der Waals surface area contributed by atoms with Gasteiger partial charge < -0.3 is 20.5 Å². The first-order valence-electron chi connectivity index (χ1n) is 7.99. The van der Waals surface area contributed by atoms with Gasteiger partial charge in [0.05, 0.1) is 12.7 Å². The predicted octanol–water partition coefficient (Wildman–Crippen LogP) is 3.14. The zero-order valence-corrected chi connectivity index (χ0v) is 15.1. The molecule has 0 aliphatic carbocycles. The number of urea groups is 1. The molecule has 0 radical (unpaired) electrons. The second kappa shape index (κ2) is 8.74. The van der Waals surface area contributed by atoms with Gasteiger partial charge in [0, 0.05) is 24.5 Å². The Morgan fingerprint density at radius 1 is 1.08 bits per heavy atom. The lowest BCUT2D eigenvalue weighted by Gasteiger charge is -2.24. The Balaban J connectivity index is 1.77. The molecule has 0 aliphatic heterocycles. The van der Waals surface area contributed by atoms with Crippen LogP contribution in [0.1, 0.15) is 18.1 Å². The molecule has 1 atom stereocenters. The zero-order valence-electron chi connectivity index (χ0n) is 14.4. The summed E-state index contributed by atoms with van der Waals surface area (Å²) in [6, 6.07) is 14.4. The fraction of sp³-hybridized carbons (Fsp3) is 0.316. The predicted molar refractivity (Wildman–Crippen MR) is 99.0 cm³/mol. The van der Waals surface area contributed by atoms with Gasteiger partial charge in [-0.25, -0.2) is 4.79 Å². The van der Waals surface area contributed by atoms with Gasteiger partial charge >= 0.3 is 6.03 Å². The lowest BCUT2D eigenvalue weighted by molar-refractivity contribution is 0.0624. The van der Waals surface area contributed by atoms with Gasteiger partial charge in [0.1, 0.15) is 5.75 Å². The fourth-order valence-corrected chi connectivity index (χ4v) is 2.49. The molecule has 0 aliphatic rings. The third-order valence-corrected chi connectivity index (χ3v) is 3.99. The summed E-state index contributed by atoms with van der Waals surface area (Å²) in [7, 11) is 1.61. The highest BCUT2D eigenvalue weighted by atomic mass is 35.5. The first-order valence-corrected chi connectivity index (χ1v) is 8.37. The Morgan fingerprint density at radius 2 is 1.68 bits per heavy atom. The van der Waals surface area contributed by atoms with E-state index < -0.39 is 5.60 Å². The highest BCUT2D eigenvalue weighted by Gasteiger charge is 2.21. The van der Waals surface area contributed by atoms with Crippen LogP contribution in [0.5, 0.6) is 5.75 Å². The summed E-state index contributed by atoms with van der Waals surface area (Å²) in [4.78, 5) is 11.9. The van der Waals surface area contributed by atoms with E-state index in [4.69, 9.17) is 16.3 Å². The molecule has 0 heterocycles. The van der Waals surface area contributed by atoms with E-state index in [9.17, 15) is 9.90 Å². The van der Waals surface area contributed by atoms with Gasteiger partial charge in [-0.2, -0.15) is 0 Å². The third kappa shape index (κ3) is 6.64. The molecule has 25 heavy (non-hydrogen) atoms. The van der Waals surface area contributed by atoms with Crippen molar-refractivity contribution in [3.63, 3.8) is 0 Å². The van der Waals surface area contributed by atoms with Crippen molar-refractivity contribution in [3.8, 4) is 5.75 Å². The number of hydrogen-bond acceptors (Lipinski definition) is 3. The maximum Gasteiger partial charge on any atom is 0.315 e. The van der Waals surface area contributed by atoms with Gasteiger partial charge in [0.25, 0.3) is 0 Å². The Hall–Kier alpha value is -2.24. The van der Waals surface area contributed by atoms with Gasteiger partial charge in [-0.05, 0) is 42.3 Å². The van der Waals surface area contributed by atoms with Crippen LogP contribution in [0, 0.1) is 0 Å². The monoisotopic (exact) mass is 362 g/mol. The quantitative estimate of drug-likeness (QED) is 0.708. The van der Waals surface area contributed by atoms with Crippen LogP contribution in [-0.2, 0) is 13.0 Å². The summed E-state index contributed by atoms with van der Waals surface area (Å²) < 4.78 is 5.11. The fourth-order valence-electron chi connectivity index (χ4n) is 2.36. The smallest absolute Gasteiger partial charge is 0.315 e. The number of rotatable bonds is 7. The molecule has 0 fully saturated rings. The normalized spacial score (nSPS) is 13.0. The number of carbonyl (C=O) groups excluding carboxylic acids is 1. The van der Waals surface area contributed by atoms with E-state index >= 15 is 0 Å². The summed E-state index contributed by atoms with van der Waals surface area (Å²) in [6.07, 6.45) is 0.425. The van der Waals surface area contributed by atoms with Crippen molar-refractivity contribution >= 4 is 17.6 Å². The number of nitrogens with one attached hydrogen (secondary N) is 2. The van der Waals surface area contributed by atoms with Crippen molar-refractivity contribution in [2.24, 2.45) is 0 Å². The van der Waals surface area contributed by atoms with Crippen molar-refractivity contribution in [1.82, 2.24) is 10.6 Å². The third-order valence-electron chi connectivity index (χ3n) is 3.74. The van der Waals surface area contributed by atoms with Crippen LogP contribution >= 0.6 is 11.6 Å². The Morgan fingerprint density at radius 3 is 2.28 bits per heavy atom. The summed E-state index contributed by atoms with van der Waals surface area (Å²) in [6.45, 7) is 2.23. The second-order valence-corrected chi connectivity index (χ2v) is 6.62. The van der Waals surface area contributed by atoms with Crippen molar-refractivity contribution in [2.45, 2.75) is 25.5 Å². The largest absolute Gasteiger partial charge is 0.497 e. The van der Waals surface area contributed by atoms with Gasteiger partial charge in [-0.1, -0.05) is 35.9 Å². The number of halogens is 1. The van der Waals surface area contributed by atoms with Gasteiger partial charge in [0.15, 0.2) is 0 Å². The maximum atomic E-state index is 11.9. The highest BCUT2D eigenvalue weighted by molar-refractivity contribution is 6.30. The molecule has 6 heteroatoms. The van der Waals surface area contributed by atoms with E-state index in [2.05, 4.69) is 10.6 Å². The molecule has 2 rings (SSSR count). The van der Waals surface area contributed by atoms with Crippen LogP contribution < -0.4 is 15.4 Å². The molecule has 0 aromatic heterocycles. The first kappa shape index (κ1) is 19.1. The number of ether oxygens (including phenoxy) is 1. The number of methoxy groups -OCH3 is 1. The molecule has 0 saturated carbocycles. The van der Waals surface area contributed by atoms with Gasteiger partial charge in [0.2, 0.25) is 0 Å². The second-order valence-electron chi connectivity index (χ2n) is 6.18. The molecule has 2 amide bonds. The molecule has 134 valence electrons. The van der Waals surface area contributed by atoms with Crippen LogP contribution in [0.25, 0.3) is 0 Å². The lowest BCUT2D eigenvalue weighted by Crippen LogP contribution is -2.45. The minimum absolute atomic E-state index is 0.144. The molecular formula is C19H23ClN2O3. The zero-order chi connectivity index (χ0) is 18.3. The number of amides is 2. The standard InChI is InChI=1S/C19H23ClN2O3/c1-19(24,11-14-5-9-17(25-2)10-6-14)13-22-18(23)21-12-15-3-7-16(20)8-4-15/h3-10,24H,11-13H2,1-2H3,(H2,21,22,23)/t19-/m0/s1. The average Bonchev–Trinajstić information content (AvgIpc) is 2.60. The summed E-state index contributed by atoms with van der Waals surface area (Å²) in [5.74, 6) is 0.767. The van der Waals surface area contributed by atoms with E-state index in [-0.39, 0.29) is 12.6 Å². The Bertz CT molecular complexity index is 685. The van der Waals surface area contributed by atoms with E-state index in [1.54, 1.807) is 26.2 Å². The minimum atomic E-state index is -1.05. The van der Waals surface area contributed by atoms with Gasteiger partial charge in [-0.3, -0.25) is 0 Å². The number of benzene rings is 2. The number of aliphatic hydroxyl groups is 1. The topological polar surface area (TPSA) is 70.6 Å².